The number of amides is 1. The molecule has 1 amide bonds. The van der Waals surface area contributed by atoms with Crippen molar-refractivity contribution in [3.8, 4) is 0 Å². The van der Waals surface area contributed by atoms with Crippen molar-refractivity contribution in [3.63, 3.8) is 0 Å². The summed E-state index contributed by atoms with van der Waals surface area (Å²) in [4.78, 5) is 14.9. The van der Waals surface area contributed by atoms with E-state index in [2.05, 4.69) is 11.3 Å². The monoisotopic (exact) mass is 339 g/mol. The van der Waals surface area contributed by atoms with Crippen LogP contribution in [0.5, 0.6) is 0 Å². The molecule has 0 bridgehead atoms. The van der Waals surface area contributed by atoms with Crippen molar-refractivity contribution in [1.82, 2.24) is 14.7 Å². The standard InChI is InChI=1S/C20H25N3O2/c1-15-5-3-6-16(9-15)19(24)23-8-4-7-20(14-23)10-17(13-25-20)18-11-21-22(2)12-18/h3,5-6,9,11-12,17H,4,7-8,10,13-14H2,1-2H3/t17-,20+/m0/s1. The van der Waals surface area contributed by atoms with Gasteiger partial charge in [0.1, 0.15) is 0 Å². The Bertz CT molecular complexity index is 785. The Morgan fingerprint density at radius 3 is 3.04 bits per heavy atom. The van der Waals surface area contributed by atoms with Gasteiger partial charge in [-0.3, -0.25) is 9.48 Å². The number of piperidine rings is 1. The first kappa shape index (κ1) is 16.3. The van der Waals surface area contributed by atoms with Gasteiger partial charge in [-0.2, -0.15) is 5.10 Å². The summed E-state index contributed by atoms with van der Waals surface area (Å²) in [6, 6.07) is 7.85. The minimum Gasteiger partial charge on any atom is -0.372 e. The van der Waals surface area contributed by atoms with Gasteiger partial charge in [0.25, 0.3) is 5.91 Å². The first-order valence-electron chi connectivity index (χ1n) is 9.03. The van der Waals surface area contributed by atoms with E-state index in [1.807, 2.05) is 54.0 Å². The van der Waals surface area contributed by atoms with Crippen LogP contribution in [0.4, 0.5) is 0 Å². The summed E-state index contributed by atoms with van der Waals surface area (Å²) in [6.07, 6.45) is 7.01. The average Bonchev–Trinajstić information content (AvgIpc) is 3.21. The molecular weight excluding hydrogens is 314 g/mol. The topological polar surface area (TPSA) is 47.4 Å². The first-order valence-corrected chi connectivity index (χ1v) is 9.03. The largest absolute Gasteiger partial charge is 0.372 e. The molecule has 2 atom stereocenters. The summed E-state index contributed by atoms with van der Waals surface area (Å²) < 4.78 is 8.11. The zero-order valence-electron chi connectivity index (χ0n) is 14.9. The number of aryl methyl sites for hydroxylation is 2. The van der Waals surface area contributed by atoms with Crippen molar-refractivity contribution in [2.24, 2.45) is 7.05 Å². The van der Waals surface area contributed by atoms with Crippen LogP contribution < -0.4 is 0 Å². The Morgan fingerprint density at radius 2 is 2.28 bits per heavy atom. The lowest BCUT2D eigenvalue weighted by atomic mass is 9.84. The molecule has 25 heavy (non-hydrogen) atoms. The van der Waals surface area contributed by atoms with Gasteiger partial charge in [-0.05, 0) is 43.9 Å². The highest BCUT2D eigenvalue weighted by atomic mass is 16.5. The highest BCUT2D eigenvalue weighted by Crippen LogP contribution is 2.41. The Labute approximate surface area is 148 Å². The molecule has 5 nitrogen and oxygen atoms in total. The normalized spacial score (nSPS) is 26.3. The molecule has 2 aliphatic rings. The van der Waals surface area contributed by atoms with Gasteiger partial charge in [0.05, 0.1) is 18.4 Å². The highest BCUT2D eigenvalue weighted by molar-refractivity contribution is 5.94. The Hall–Kier alpha value is -2.14. The van der Waals surface area contributed by atoms with Crippen LogP contribution in [-0.4, -0.2) is 45.9 Å². The minimum atomic E-state index is -0.196. The van der Waals surface area contributed by atoms with Gasteiger partial charge in [-0.25, -0.2) is 0 Å². The molecule has 5 heteroatoms. The number of carbonyl (C=O) groups excluding carboxylic acids is 1. The molecule has 2 aromatic rings. The molecule has 1 aromatic carbocycles. The summed E-state index contributed by atoms with van der Waals surface area (Å²) >= 11 is 0. The summed E-state index contributed by atoms with van der Waals surface area (Å²) in [5.74, 6) is 0.499. The fourth-order valence-corrected chi connectivity index (χ4v) is 4.23. The van der Waals surface area contributed by atoms with E-state index in [4.69, 9.17) is 4.74 Å². The summed E-state index contributed by atoms with van der Waals surface area (Å²) in [5, 5.41) is 4.28. The predicted molar refractivity (Wildman–Crippen MR) is 95.6 cm³/mol. The molecule has 132 valence electrons. The third kappa shape index (κ3) is 3.21. The second-order valence-electron chi connectivity index (χ2n) is 7.54. The number of hydrogen-bond donors (Lipinski definition) is 0. The van der Waals surface area contributed by atoms with Crippen LogP contribution in [0.2, 0.25) is 0 Å². The number of hydrogen-bond acceptors (Lipinski definition) is 3. The maximum atomic E-state index is 12.9. The van der Waals surface area contributed by atoms with E-state index in [1.165, 1.54) is 5.56 Å². The molecule has 2 saturated heterocycles. The van der Waals surface area contributed by atoms with E-state index < -0.39 is 0 Å². The molecule has 2 aliphatic heterocycles. The second-order valence-corrected chi connectivity index (χ2v) is 7.54. The van der Waals surface area contributed by atoms with E-state index in [9.17, 15) is 4.79 Å². The van der Waals surface area contributed by atoms with Gasteiger partial charge >= 0.3 is 0 Å². The van der Waals surface area contributed by atoms with Crippen LogP contribution in [0.15, 0.2) is 36.7 Å². The number of nitrogens with zero attached hydrogens (tertiary/aromatic N) is 3. The molecular formula is C20H25N3O2. The molecule has 4 rings (SSSR count). The Kier molecular flexibility index (Phi) is 4.12. The molecule has 0 aliphatic carbocycles. The van der Waals surface area contributed by atoms with Gasteiger partial charge in [0.2, 0.25) is 0 Å². The fourth-order valence-electron chi connectivity index (χ4n) is 4.23. The number of rotatable bonds is 2. The molecule has 0 saturated carbocycles. The third-order valence-electron chi connectivity index (χ3n) is 5.50. The number of aromatic nitrogens is 2. The highest BCUT2D eigenvalue weighted by Gasteiger charge is 2.45. The van der Waals surface area contributed by atoms with Crippen molar-refractivity contribution >= 4 is 5.91 Å². The van der Waals surface area contributed by atoms with Crippen molar-refractivity contribution in [2.75, 3.05) is 19.7 Å². The van der Waals surface area contributed by atoms with Crippen LogP contribution in [0.25, 0.3) is 0 Å². The lowest BCUT2D eigenvalue weighted by Crippen LogP contribution is -2.50. The zero-order chi connectivity index (χ0) is 17.4. The number of carbonyl (C=O) groups is 1. The molecule has 3 heterocycles. The lowest BCUT2D eigenvalue weighted by molar-refractivity contribution is -0.0447. The Balaban J connectivity index is 1.48. The minimum absolute atomic E-state index is 0.121. The van der Waals surface area contributed by atoms with E-state index >= 15 is 0 Å². The quantitative estimate of drug-likeness (QED) is 0.845. The Morgan fingerprint density at radius 1 is 1.40 bits per heavy atom. The number of benzene rings is 1. The molecule has 0 unspecified atom stereocenters. The van der Waals surface area contributed by atoms with Gasteiger partial charge in [0.15, 0.2) is 0 Å². The molecule has 1 aromatic heterocycles. The maximum Gasteiger partial charge on any atom is 0.253 e. The van der Waals surface area contributed by atoms with Crippen LogP contribution in [0, 0.1) is 6.92 Å². The SMILES string of the molecule is Cc1cccc(C(=O)N2CCC[C@@]3(C[C@H](c4cnn(C)c4)CO3)C2)c1. The van der Waals surface area contributed by atoms with Gasteiger partial charge in [-0.1, -0.05) is 17.7 Å². The van der Waals surface area contributed by atoms with Crippen molar-refractivity contribution in [3.05, 3.63) is 53.3 Å². The van der Waals surface area contributed by atoms with Gasteiger partial charge < -0.3 is 9.64 Å². The van der Waals surface area contributed by atoms with E-state index in [0.29, 0.717) is 12.5 Å². The maximum absolute atomic E-state index is 12.9. The van der Waals surface area contributed by atoms with E-state index in [-0.39, 0.29) is 11.5 Å². The molecule has 2 fully saturated rings. The number of ether oxygens (including phenoxy) is 1. The van der Waals surface area contributed by atoms with E-state index in [1.54, 1.807) is 0 Å². The first-order chi connectivity index (χ1) is 12.0. The van der Waals surface area contributed by atoms with Gasteiger partial charge in [0, 0.05) is 37.8 Å². The lowest BCUT2D eigenvalue weighted by Gasteiger charge is -2.39. The van der Waals surface area contributed by atoms with E-state index in [0.717, 1.165) is 43.5 Å². The fraction of sp³-hybridized carbons (Fsp3) is 0.500. The molecule has 0 N–H and O–H groups in total. The van der Waals surface area contributed by atoms with Crippen molar-refractivity contribution < 1.29 is 9.53 Å². The van der Waals surface area contributed by atoms with Crippen molar-refractivity contribution in [1.29, 1.82) is 0 Å². The second kappa shape index (κ2) is 6.30. The van der Waals surface area contributed by atoms with Crippen LogP contribution in [-0.2, 0) is 11.8 Å². The smallest absolute Gasteiger partial charge is 0.253 e. The van der Waals surface area contributed by atoms with Gasteiger partial charge in [-0.15, -0.1) is 0 Å². The van der Waals surface area contributed by atoms with Crippen LogP contribution in [0.1, 0.15) is 46.7 Å². The predicted octanol–water partition coefficient (Wildman–Crippen LogP) is 2.91. The summed E-state index contributed by atoms with van der Waals surface area (Å²) in [5.41, 5.74) is 2.94. The van der Waals surface area contributed by atoms with Crippen molar-refractivity contribution in [2.45, 2.75) is 37.7 Å². The van der Waals surface area contributed by atoms with Crippen LogP contribution in [0.3, 0.4) is 0 Å². The molecule has 1 spiro atoms. The summed E-state index contributed by atoms with van der Waals surface area (Å²) in [6.45, 7) is 4.25. The van der Waals surface area contributed by atoms with Crippen LogP contribution >= 0.6 is 0 Å². The summed E-state index contributed by atoms with van der Waals surface area (Å²) in [7, 11) is 1.94. The third-order valence-corrected chi connectivity index (χ3v) is 5.50. The zero-order valence-corrected chi connectivity index (χ0v) is 14.9. The average molecular weight is 339 g/mol. The number of likely N-dealkylation sites (tertiary alicyclic amines) is 1. The molecule has 0 radical (unpaired) electrons.